The van der Waals surface area contributed by atoms with E-state index in [2.05, 4.69) is 13.8 Å². The third-order valence-electron chi connectivity index (χ3n) is 2.77. The molecule has 4 nitrogen and oxygen atoms in total. The van der Waals surface area contributed by atoms with E-state index in [4.69, 9.17) is 14.2 Å². The van der Waals surface area contributed by atoms with Gasteiger partial charge in [-0.05, 0) is 12.8 Å². The van der Waals surface area contributed by atoms with E-state index in [9.17, 15) is 4.79 Å². The second kappa shape index (κ2) is 13.8. The molecule has 0 unspecified atom stereocenters. The highest BCUT2D eigenvalue weighted by atomic mass is 16.6. The normalized spacial score (nSPS) is 12.4. The largest absolute Gasteiger partial charge is 0.463 e. The summed E-state index contributed by atoms with van der Waals surface area (Å²) in [6.45, 7) is 7.99. The van der Waals surface area contributed by atoms with Crippen LogP contribution >= 0.6 is 0 Å². The number of unbranched alkanes of at least 4 members (excludes halogenated alkanes) is 4. The minimum Gasteiger partial charge on any atom is -0.463 e. The summed E-state index contributed by atoms with van der Waals surface area (Å²) < 4.78 is 16.3. The van der Waals surface area contributed by atoms with Gasteiger partial charge in [0.25, 0.3) is 0 Å². The summed E-state index contributed by atoms with van der Waals surface area (Å²) in [5.41, 5.74) is 0. The van der Waals surface area contributed by atoms with E-state index in [0.717, 1.165) is 25.9 Å². The molecule has 4 heteroatoms. The van der Waals surface area contributed by atoms with Crippen molar-refractivity contribution >= 4 is 5.97 Å². The molecule has 0 heterocycles. The van der Waals surface area contributed by atoms with E-state index in [0.29, 0.717) is 13.2 Å². The second-order valence-corrected chi connectivity index (χ2v) is 4.78. The van der Waals surface area contributed by atoms with Crippen molar-refractivity contribution in [1.29, 1.82) is 0 Å². The zero-order valence-electron chi connectivity index (χ0n) is 12.8. The van der Waals surface area contributed by atoms with E-state index in [1.54, 1.807) is 0 Å². The fraction of sp³-hybridized carbons (Fsp3) is 0.933. The van der Waals surface area contributed by atoms with Gasteiger partial charge in [-0.25, -0.2) is 0 Å². The number of ether oxygens (including phenoxy) is 3. The van der Waals surface area contributed by atoms with Gasteiger partial charge in [0.05, 0.1) is 6.61 Å². The van der Waals surface area contributed by atoms with Crippen LogP contribution in [0.15, 0.2) is 0 Å². The van der Waals surface area contributed by atoms with Gasteiger partial charge >= 0.3 is 5.97 Å². The summed E-state index contributed by atoms with van der Waals surface area (Å²) in [6.07, 6.45) is 6.70. The van der Waals surface area contributed by atoms with E-state index in [-0.39, 0.29) is 18.7 Å². The smallest absolute Gasteiger partial charge is 0.302 e. The maximum Gasteiger partial charge on any atom is 0.302 e. The molecule has 0 N–H and O–H groups in total. The summed E-state index contributed by atoms with van der Waals surface area (Å²) in [7, 11) is 0. The van der Waals surface area contributed by atoms with Crippen molar-refractivity contribution < 1.29 is 19.0 Å². The van der Waals surface area contributed by atoms with Crippen LogP contribution in [-0.4, -0.2) is 38.5 Å². The van der Waals surface area contributed by atoms with E-state index in [1.165, 1.54) is 26.2 Å². The number of rotatable bonds is 13. The van der Waals surface area contributed by atoms with Crippen molar-refractivity contribution in [2.45, 2.75) is 65.4 Å². The molecular formula is C15H30O4. The second-order valence-electron chi connectivity index (χ2n) is 4.78. The number of hydrogen-bond donors (Lipinski definition) is 0. The van der Waals surface area contributed by atoms with Crippen LogP contribution in [0, 0.1) is 0 Å². The van der Waals surface area contributed by atoms with Crippen molar-refractivity contribution in [3.8, 4) is 0 Å². The Hall–Kier alpha value is -0.610. The molecule has 0 rings (SSSR count). The van der Waals surface area contributed by atoms with Crippen LogP contribution in [0.3, 0.4) is 0 Å². The first-order valence-electron chi connectivity index (χ1n) is 7.53. The maximum atomic E-state index is 10.8. The third kappa shape index (κ3) is 13.6. The fourth-order valence-electron chi connectivity index (χ4n) is 1.63. The van der Waals surface area contributed by atoms with Gasteiger partial charge in [-0.15, -0.1) is 0 Å². The standard InChI is InChI=1S/C15H30O4/c1-4-6-8-10-17-12-15(13-19-14(3)16)18-11-9-7-5-2/h15H,4-13H2,1-3H3/t15-/m1/s1. The highest BCUT2D eigenvalue weighted by Gasteiger charge is 2.11. The van der Waals surface area contributed by atoms with Gasteiger partial charge < -0.3 is 14.2 Å². The summed E-state index contributed by atoms with van der Waals surface area (Å²) in [4.78, 5) is 10.8. The number of hydrogen-bond acceptors (Lipinski definition) is 4. The van der Waals surface area contributed by atoms with Crippen molar-refractivity contribution in [3.05, 3.63) is 0 Å². The predicted molar refractivity (Wildman–Crippen MR) is 76.2 cm³/mol. The van der Waals surface area contributed by atoms with E-state index in [1.807, 2.05) is 0 Å². The van der Waals surface area contributed by atoms with E-state index < -0.39 is 0 Å². The lowest BCUT2D eigenvalue weighted by atomic mass is 10.2. The van der Waals surface area contributed by atoms with Gasteiger partial charge in [-0.2, -0.15) is 0 Å². The van der Waals surface area contributed by atoms with Crippen LogP contribution < -0.4 is 0 Å². The Morgan fingerprint density at radius 2 is 1.58 bits per heavy atom. The highest BCUT2D eigenvalue weighted by Crippen LogP contribution is 2.02. The lowest BCUT2D eigenvalue weighted by molar-refractivity contribution is -0.147. The molecule has 114 valence electrons. The molecule has 0 aliphatic rings. The van der Waals surface area contributed by atoms with Crippen LogP contribution in [0.25, 0.3) is 0 Å². The molecule has 0 amide bonds. The first kappa shape index (κ1) is 18.4. The first-order chi connectivity index (χ1) is 9.20. The molecule has 1 atom stereocenters. The molecule has 0 radical (unpaired) electrons. The van der Waals surface area contributed by atoms with Crippen LogP contribution in [-0.2, 0) is 19.0 Å². The molecular weight excluding hydrogens is 244 g/mol. The van der Waals surface area contributed by atoms with Gasteiger partial charge in [0.1, 0.15) is 12.7 Å². The van der Waals surface area contributed by atoms with Gasteiger partial charge in [0, 0.05) is 20.1 Å². The predicted octanol–water partition coefficient (Wildman–Crippen LogP) is 3.33. The molecule has 0 fully saturated rings. The molecule has 0 spiro atoms. The lowest BCUT2D eigenvalue weighted by Gasteiger charge is -2.17. The van der Waals surface area contributed by atoms with Gasteiger partial charge in [0.15, 0.2) is 0 Å². The van der Waals surface area contributed by atoms with Crippen LogP contribution in [0.5, 0.6) is 0 Å². The topological polar surface area (TPSA) is 44.8 Å². The number of esters is 1. The first-order valence-corrected chi connectivity index (χ1v) is 7.53. The molecule has 0 aliphatic heterocycles. The minimum atomic E-state index is -0.270. The van der Waals surface area contributed by atoms with Crippen molar-refractivity contribution in [2.75, 3.05) is 26.4 Å². The molecule has 0 aliphatic carbocycles. The summed E-state index contributed by atoms with van der Waals surface area (Å²) >= 11 is 0. The van der Waals surface area contributed by atoms with Gasteiger partial charge in [0.2, 0.25) is 0 Å². The molecule has 0 bridgehead atoms. The Kier molecular flexibility index (Phi) is 13.4. The fourth-order valence-corrected chi connectivity index (χ4v) is 1.63. The average Bonchev–Trinajstić information content (AvgIpc) is 2.39. The van der Waals surface area contributed by atoms with Crippen LogP contribution in [0.2, 0.25) is 0 Å². The van der Waals surface area contributed by atoms with Crippen LogP contribution in [0.4, 0.5) is 0 Å². The van der Waals surface area contributed by atoms with Gasteiger partial charge in [-0.3, -0.25) is 4.79 Å². The minimum absolute atomic E-state index is 0.137. The SMILES string of the molecule is CCCCCOC[C@H](COC(C)=O)OCCCCC. The van der Waals surface area contributed by atoms with Crippen molar-refractivity contribution in [1.82, 2.24) is 0 Å². The van der Waals surface area contributed by atoms with Crippen LogP contribution in [0.1, 0.15) is 59.3 Å². The maximum absolute atomic E-state index is 10.8. The molecule has 0 saturated carbocycles. The van der Waals surface area contributed by atoms with Crippen molar-refractivity contribution in [2.24, 2.45) is 0 Å². The lowest BCUT2D eigenvalue weighted by Crippen LogP contribution is -2.27. The molecule has 0 saturated heterocycles. The Labute approximate surface area is 117 Å². The Balaban J connectivity index is 3.72. The molecule has 0 aromatic heterocycles. The molecule has 0 aromatic carbocycles. The average molecular weight is 274 g/mol. The zero-order valence-corrected chi connectivity index (χ0v) is 12.8. The Bertz CT molecular complexity index is 206. The molecule has 19 heavy (non-hydrogen) atoms. The quantitative estimate of drug-likeness (QED) is 0.382. The number of carbonyl (C=O) groups is 1. The van der Waals surface area contributed by atoms with E-state index >= 15 is 0 Å². The van der Waals surface area contributed by atoms with Crippen molar-refractivity contribution in [3.63, 3.8) is 0 Å². The monoisotopic (exact) mass is 274 g/mol. The Morgan fingerprint density at radius 3 is 2.16 bits per heavy atom. The van der Waals surface area contributed by atoms with Gasteiger partial charge in [-0.1, -0.05) is 39.5 Å². The third-order valence-corrected chi connectivity index (χ3v) is 2.77. The molecule has 0 aromatic rings. The Morgan fingerprint density at radius 1 is 0.947 bits per heavy atom. The summed E-state index contributed by atoms with van der Waals surface area (Å²) in [6, 6.07) is 0. The summed E-state index contributed by atoms with van der Waals surface area (Å²) in [5, 5.41) is 0. The highest BCUT2D eigenvalue weighted by molar-refractivity contribution is 5.65. The summed E-state index contributed by atoms with van der Waals surface area (Å²) in [5.74, 6) is -0.270. The zero-order chi connectivity index (χ0) is 14.3. The number of carbonyl (C=O) groups excluding carboxylic acids is 1.